The maximum atomic E-state index is 6.03. The average Bonchev–Trinajstić information content (AvgIpc) is 2.88. The Kier molecular flexibility index (Phi) is 3.77. The van der Waals surface area contributed by atoms with Crippen molar-refractivity contribution in [2.24, 2.45) is 0 Å². The molecule has 0 saturated carbocycles. The van der Waals surface area contributed by atoms with E-state index in [2.05, 4.69) is 20.5 Å². The van der Waals surface area contributed by atoms with Crippen LogP contribution in [0.2, 0.25) is 5.02 Å². The minimum atomic E-state index is 0.709. The molecule has 3 rings (SSSR count). The van der Waals surface area contributed by atoms with Crippen LogP contribution in [-0.4, -0.2) is 46.1 Å². The second-order valence-corrected chi connectivity index (χ2v) is 5.08. The van der Waals surface area contributed by atoms with Crippen molar-refractivity contribution in [1.82, 2.24) is 25.2 Å². The van der Waals surface area contributed by atoms with Gasteiger partial charge < -0.3 is 5.32 Å². The van der Waals surface area contributed by atoms with Crippen molar-refractivity contribution in [1.29, 1.82) is 0 Å². The van der Waals surface area contributed by atoms with Gasteiger partial charge in [0.15, 0.2) is 0 Å². The summed E-state index contributed by atoms with van der Waals surface area (Å²) in [7, 11) is 0. The summed E-state index contributed by atoms with van der Waals surface area (Å²) >= 11 is 6.03. The van der Waals surface area contributed by atoms with Gasteiger partial charge in [-0.05, 0) is 18.2 Å². The largest absolute Gasteiger partial charge is 0.314 e. The van der Waals surface area contributed by atoms with Gasteiger partial charge in [-0.3, -0.25) is 4.90 Å². The monoisotopic (exact) mass is 277 g/mol. The molecule has 19 heavy (non-hydrogen) atoms. The van der Waals surface area contributed by atoms with Crippen molar-refractivity contribution in [2.45, 2.75) is 6.54 Å². The van der Waals surface area contributed by atoms with Gasteiger partial charge in [0.05, 0.1) is 17.6 Å². The highest BCUT2D eigenvalue weighted by molar-refractivity contribution is 6.30. The smallest absolute Gasteiger partial charge is 0.0786 e. The van der Waals surface area contributed by atoms with Crippen LogP contribution in [0.15, 0.2) is 30.5 Å². The standard InChI is InChI=1S/C13H16ClN5/c14-11-2-1-3-12(8-11)19-13(9-16-17-19)10-18-6-4-15-5-7-18/h1-3,8-9,15H,4-7,10H2. The first-order valence-corrected chi connectivity index (χ1v) is 6.79. The molecule has 0 aliphatic carbocycles. The number of hydrogen-bond donors (Lipinski definition) is 1. The predicted octanol–water partition coefficient (Wildman–Crippen LogP) is 1.33. The minimum Gasteiger partial charge on any atom is -0.314 e. The minimum absolute atomic E-state index is 0.709. The Bertz CT molecular complexity index is 547. The molecule has 0 atom stereocenters. The van der Waals surface area contributed by atoms with E-state index in [9.17, 15) is 0 Å². The van der Waals surface area contributed by atoms with Crippen LogP contribution < -0.4 is 5.32 Å². The third kappa shape index (κ3) is 2.94. The highest BCUT2D eigenvalue weighted by Crippen LogP contribution is 2.16. The Morgan fingerprint density at radius 2 is 2.11 bits per heavy atom. The highest BCUT2D eigenvalue weighted by atomic mass is 35.5. The first-order valence-electron chi connectivity index (χ1n) is 6.41. The summed E-state index contributed by atoms with van der Waals surface area (Å²) in [6, 6.07) is 7.67. The lowest BCUT2D eigenvalue weighted by atomic mass is 10.3. The Labute approximate surface area is 117 Å². The van der Waals surface area contributed by atoms with Crippen LogP contribution in [0.3, 0.4) is 0 Å². The second-order valence-electron chi connectivity index (χ2n) is 4.64. The molecule has 1 saturated heterocycles. The lowest BCUT2D eigenvalue weighted by Gasteiger charge is -2.26. The van der Waals surface area contributed by atoms with Gasteiger partial charge in [0.25, 0.3) is 0 Å². The number of hydrogen-bond acceptors (Lipinski definition) is 4. The molecule has 1 aromatic heterocycles. The number of aromatic nitrogens is 3. The van der Waals surface area contributed by atoms with Crippen LogP contribution in [0.25, 0.3) is 5.69 Å². The van der Waals surface area contributed by atoms with Gasteiger partial charge in [-0.2, -0.15) is 0 Å². The van der Waals surface area contributed by atoms with Crippen molar-refractivity contribution in [3.8, 4) is 5.69 Å². The predicted molar refractivity (Wildman–Crippen MR) is 74.5 cm³/mol. The van der Waals surface area contributed by atoms with E-state index in [0.717, 1.165) is 44.1 Å². The molecular formula is C13H16ClN5. The van der Waals surface area contributed by atoms with Gasteiger partial charge in [-0.25, -0.2) is 4.68 Å². The molecular weight excluding hydrogens is 262 g/mol. The zero-order valence-corrected chi connectivity index (χ0v) is 11.3. The summed E-state index contributed by atoms with van der Waals surface area (Å²) in [5.74, 6) is 0. The van der Waals surface area contributed by atoms with Gasteiger partial charge in [0, 0.05) is 37.7 Å². The highest BCUT2D eigenvalue weighted by Gasteiger charge is 2.14. The normalized spacial score (nSPS) is 16.7. The quantitative estimate of drug-likeness (QED) is 0.919. The van der Waals surface area contributed by atoms with Crippen LogP contribution in [0.4, 0.5) is 0 Å². The fraction of sp³-hybridized carbons (Fsp3) is 0.385. The second kappa shape index (κ2) is 5.69. The number of nitrogens with one attached hydrogen (secondary N) is 1. The molecule has 1 aliphatic heterocycles. The number of rotatable bonds is 3. The summed E-state index contributed by atoms with van der Waals surface area (Å²) < 4.78 is 1.86. The van der Waals surface area contributed by atoms with Gasteiger partial charge in [0.1, 0.15) is 0 Å². The fourth-order valence-electron chi connectivity index (χ4n) is 2.29. The molecule has 0 spiro atoms. The molecule has 1 aromatic carbocycles. The Morgan fingerprint density at radius 1 is 1.26 bits per heavy atom. The van der Waals surface area contributed by atoms with E-state index < -0.39 is 0 Å². The van der Waals surface area contributed by atoms with E-state index >= 15 is 0 Å². The Morgan fingerprint density at radius 3 is 2.89 bits per heavy atom. The van der Waals surface area contributed by atoms with Crippen molar-refractivity contribution in [2.75, 3.05) is 26.2 Å². The lowest BCUT2D eigenvalue weighted by molar-refractivity contribution is 0.229. The summed E-state index contributed by atoms with van der Waals surface area (Å²) in [5, 5.41) is 12.2. The first kappa shape index (κ1) is 12.6. The number of benzene rings is 1. The first-order chi connectivity index (χ1) is 9.33. The zero-order valence-electron chi connectivity index (χ0n) is 10.6. The molecule has 1 aliphatic rings. The van der Waals surface area contributed by atoms with Gasteiger partial charge in [-0.1, -0.05) is 22.9 Å². The third-order valence-corrected chi connectivity index (χ3v) is 3.50. The van der Waals surface area contributed by atoms with Crippen LogP contribution in [0.5, 0.6) is 0 Å². The van der Waals surface area contributed by atoms with Gasteiger partial charge >= 0.3 is 0 Å². The maximum absolute atomic E-state index is 6.03. The van der Waals surface area contributed by atoms with E-state index in [0.29, 0.717) is 5.02 Å². The molecule has 0 bridgehead atoms. The molecule has 5 nitrogen and oxygen atoms in total. The molecule has 2 heterocycles. The van der Waals surface area contributed by atoms with Crippen LogP contribution >= 0.6 is 11.6 Å². The maximum Gasteiger partial charge on any atom is 0.0786 e. The van der Waals surface area contributed by atoms with Crippen LogP contribution in [0, 0.1) is 0 Å². The lowest BCUT2D eigenvalue weighted by Crippen LogP contribution is -2.43. The molecule has 0 radical (unpaired) electrons. The van der Waals surface area contributed by atoms with E-state index in [1.54, 1.807) is 0 Å². The number of piperazine rings is 1. The van der Waals surface area contributed by atoms with Crippen molar-refractivity contribution < 1.29 is 0 Å². The SMILES string of the molecule is Clc1cccc(-n2nncc2CN2CCNCC2)c1. The van der Waals surface area contributed by atoms with Crippen molar-refractivity contribution in [3.05, 3.63) is 41.2 Å². The number of nitrogens with zero attached hydrogens (tertiary/aromatic N) is 4. The molecule has 2 aromatic rings. The Balaban J connectivity index is 1.81. The fourth-order valence-corrected chi connectivity index (χ4v) is 2.47. The molecule has 0 unspecified atom stereocenters. The molecule has 6 heteroatoms. The van der Waals surface area contributed by atoms with Crippen molar-refractivity contribution in [3.63, 3.8) is 0 Å². The number of halogens is 1. The van der Waals surface area contributed by atoms with Crippen LogP contribution in [0.1, 0.15) is 5.69 Å². The summed E-state index contributed by atoms with van der Waals surface area (Å²) in [6.45, 7) is 5.06. The zero-order chi connectivity index (χ0) is 13.1. The van der Waals surface area contributed by atoms with E-state index in [1.165, 1.54) is 0 Å². The van der Waals surface area contributed by atoms with Crippen molar-refractivity contribution >= 4 is 11.6 Å². The Hall–Kier alpha value is -1.43. The third-order valence-electron chi connectivity index (χ3n) is 3.27. The summed E-state index contributed by atoms with van der Waals surface area (Å²) in [5.41, 5.74) is 2.04. The van der Waals surface area contributed by atoms with E-state index in [1.807, 2.05) is 35.1 Å². The topological polar surface area (TPSA) is 46.0 Å². The molecule has 1 fully saturated rings. The molecule has 1 N–H and O–H groups in total. The average molecular weight is 278 g/mol. The van der Waals surface area contributed by atoms with Crippen LogP contribution in [-0.2, 0) is 6.54 Å². The van der Waals surface area contributed by atoms with Gasteiger partial charge in [-0.15, -0.1) is 5.10 Å². The molecule has 100 valence electrons. The van der Waals surface area contributed by atoms with E-state index in [4.69, 9.17) is 11.6 Å². The summed E-state index contributed by atoms with van der Waals surface area (Å²) in [6.07, 6.45) is 1.82. The van der Waals surface area contributed by atoms with Gasteiger partial charge in [0.2, 0.25) is 0 Å². The molecule has 0 amide bonds. The summed E-state index contributed by atoms with van der Waals surface area (Å²) in [4.78, 5) is 2.40. The van der Waals surface area contributed by atoms with E-state index in [-0.39, 0.29) is 0 Å².